The quantitative estimate of drug-likeness (QED) is 0.454. The van der Waals surface area contributed by atoms with E-state index in [0.29, 0.717) is 5.82 Å². The van der Waals surface area contributed by atoms with Gasteiger partial charge in [0.2, 0.25) is 0 Å². The van der Waals surface area contributed by atoms with Crippen molar-refractivity contribution in [2.75, 3.05) is 7.11 Å². The third kappa shape index (κ3) is 2.60. The average Bonchev–Trinajstić information content (AvgIpc) is 3.18. The molecule has 0 aliphatic rings. The molecule has 0 bridgehead atoms. The van der Waals surface area contributed by atoms with E-state index in [-0.39, 0.29) is 0 Å². The molecule has 0 atom stereocenters. The largest absolute Gasteiger partial charge is 0.497 e. The molecule has 5 heteroatoms. The Kier molecular flexibility index (Phi) is 3.79. The topological polar surface area (TPSA) is 52.3 Å². The second-order valence-corrected chi connectivity index (χ2v) is 6.75. The molecular weight excluding hydrogens is 348 g/mol. The van der Waals surface area contributed by atoms with Crippen molar-refractivity contribution in [2.45, 2.75) is 6.92 Å². The standard InChI is InChI=1S/C23H18N4O/c1-15-7-9-16(10-8-15)21-19-5-3-4-6-20(19)23-25-24-22(27(23)26-21)17-11-13-18(28-2)14-12-17/h3-14H,1-2H3. The summed E-state index contributed by atoms with van der Waals surface area (Å²) < 4.78 is 7.09. The minimum atomic E-state index is 0.705. The van der Waals surface area contributed by atoms with Gasteiger partial charge in [-0.1, -0.05) is 54.1 Å². The summed E-state index contributed by atoms with van der Waals surface area (Å²) in [6.07, 6.45) is 0. The maximum absolute atomic E-state index is 5.26. The second kappa shape index (κ2) is 6.46. The summed E-state index contributed by atoms with van der Waals surface area (Å²) in [5, 5.41) is 15.9. The van der Waals surface area contributed by atoms with Gasteiger partial charge >= 0.3 is 0 Å². The summed E-state index contributed by atoms with van der Waals surface area (Å²) >= 11 is 0. The number of ether oxygens (including phenoxy) is 1. The van der Waals surface area contributed by atoms with Crippen LogP contribution in [0.5, 0.6) is 5.75 Å². The maximum Gasteiger partial charge on any atom is 0.186 e. The van der Waals surface area contributed by atoms with Crippen LogP contribution in [0, 0.1) is 6.92 Å². The van der Waals surface area contributed by atoms with Crippen LogP contribution in [0.25, 0.3) is 39.1 Å². The predicted octanol–water partition coefficient (Wildman–Crippen LogP) is 4.93. The van der Waals surface area contributed by atoms with Crippen LogP contribution in [0.4, 0.5) is 0 Å². The van der Waals surface area contributed by atoms with Gasteiger partial charge in [-0.2, -0.15) is 9.61 Å². The Bertz CT molecular complexity index is 1290. The molecule has 0 unspecified atom stereocenters. The lowest BCUT2D eigenvalue weighted by Gasteiger charge is -2.09. The van der Waals surface area contributed by atoms with E-state index in [9.17, 15) is 0 Å². The van der Waals surface area contributed by atoms with Crippen molar-refractivity contribution < 1.29 is 4.74 Å². The summed E-state index contributed by atoms with van der Waals surface area (Å²) in [5.41, 5.74) is 4.89. The molecule has 0 N–H and O–H groups in total. The fourth-order valence-corrected chi connectivity index (χ4v) is 3.43. The molecule has 3 aromatic carbocycles. The summed E-state index contributed by atoms with van der Waals surface area (Å²) in [6.45, 7) is 2.08. The fraction of sp³-hybridized carbons (Fsp3) is 0.0870. The molecule has 0 radical (unpaired) electrons. The Labute approximate surface area is 162 Å². The smallest absolute Gasteiger partial charge is 0.186 e. The van der Waals surface area contributed by atoms with E-state index >= 15 is 0 Å². The molecule has 5 rings (SSSR count). The lowest BCUT2D eigenvalue weighted by Crippen LogP contribution is -1.99. The van der Waals surface area contributed by atoms with Gasteiger partial charge in [-0.15, -0.1) is 10.2 Å². The molecule has 136 valence electrons. The average molecular weight is 366 g/mol. The Morgan fingerprint density at radius 3 is 2.14 bits per heavy atom. The van der Waals surface area contributed by atoms with E-state index in [1.165, 1.54) is 5.56 Å². The van der Waals surface area contributed by atoms with Crippen LogP contribution >= 0.6 is 0 Å². The monoisotopic (exact) mass is 366 g/mol. The van der Waals surface area contributed by atoms with E-state index in [2.05, 4.69) is 53.5 Å². The Balaban J connectivity index is 1.80. The highest BCUT2D eigenvalue weighted by molar-refractivity contribution is 6.01. The number of nitrogens with zero attached hydrogens (tertiary/aromatic N) is 4. The number of hydrogen-bond donors (Lipinski definition) is 0. The van der Waals surface area contributed by atoms with E-state index in [1.807, 2.05) is 40.9 Å². The predicted molar refractivity (Wildman–Crippen MR) is 110 cm³/mol. The van der Waals surface area contributed by atoms with Gasteiger partial charge in [-0.3, -0.25) is 0 Å². The number of aryl methyl sites for hydroxylation is 1. The molecule has 0 saturated heterocycles. The molecule has 2 heterocycles. The molecule has 5 nitrogen and oxygen atoms in total. The first-order valence-corrected chi connectivity index (χ1v) is 9.10. The minimum absolute atomic E-state index is 0.705. The molecule has 0 amide bonds. The highest BCUT2D eigenvalue weighted by Gasteiger charge is 2.16. The number of hydrogen-bond acceptors (Lipinski definition) is 4. The molecule has 0 aliphatic carbocycles. The second-order valence-electron chi connectivity index (χ2n) is 6.75. The SMILES string of the molecule is COc1ccc(-c2nnc3c4ccccc4c(-c4ccc(C)cc4)nn23)cc1. The van der Waals surface area contributed by atoms with E-state index < -0.39 is 0 Å². The van der Waals surface area contributed by atoms with Gasteiger partial charge in [0, 0.05) is 21.9 Å². The van der Waals surface area contributed by atoms with E-state index in [4.69, 9.17) is 9.84 Å². The first-order valence-electron chi connectivity index (χ1n) is 9.10. The lowest BCUT2D eigenvalue weighted by molar-refractivity contribution is 0.415. The van der Waals surface area contributed by atoms with Gasteiger partial charge in [-0.25, -0.2) is 0 Å². The number of methoxy groups -OCH3 is 1. The van der Waals surface area contributed by atoms with Crippen LogP contribution in [-0.2, 0) is 0 Å². The third-order valence-corrected chi connectivity index (χ3v) is 4.94. The van der Waals surface area contributed by atoms with Crippen LogP contribution in [0.15, 0.2) is 72.8 Å². The van der Waals surface area contributed by atoms with Crippen molar-refractivity contribution in [3.05, 3.63) is 78.4 Å². The van der Waals surface area contributed by atoms with Crippen molar-refractivity contribution in [1.82, 2.24) is 19.8 Å². The van der Waals surface area contributed by atoms with Crippen LogP contribution in [0.2, 0.25) is 0 Å². The van der Waals surface area contributed by atoms with Crippen LogP contribution in [0.3, 0.4) is 0 Å². The van der Waals surface area contributed by atoms with Crippen molar-refractivity contribution in [3.63, 3.8) is 0 Å². The van der Waals surface area contributed by atoms with Gasteiger partial charge in [0.05, 0.1) is 12.8 Å². The minimum Gasteiger partial charge on any atom is -0.497 e. The fourth-order valence-electron chi connectivity index (χ4n) is 3.43. The third-order valence-electron chi connectivity index (χ3n) is 4.94. The van der Waals surface area contributed by atoms with Crippen LogP contribution < -0.4 is 4.74 Å². The van der Waals surface area contributed by atoms with Gasteiger partial charge in [0.1, 0.15) is 5.75 Å². The highest BCUT2D eigenvalue weighted by atomic mass is 16.5. The number of rotatable bonds is 3. The van der Waals surface area contributed by atoms with Gasteiger partial charge in [0.15, 0.2) is 11.5 Å². The van der Waals surface area contributed by atoms with Gasteiger partial charge < -0.3 is 4.74 Å². The Hall–Kier alpha value is -3.73. The highest BCUT2D eigenvalue weighted by Crippen LogP contribution is 2.31. The summed E-state index contributed by atoms with van der Waals surface area (Å²) in [7, 11) is 1.66. The lowest BCUT2D eigenvalue weighted by atomic mass is 10.0. The molecule has 0 spiro atoms. The first-order chi connectivity index (χ1) is 13.7. The van der Waals surface area contributed by atoms with Crippen LogP contribution in [-0.4, -0.2) is 26.9 Å². The Morgan fingerprint density at radius 2 is 1.43 bits per heavy atom. The van der Waals surface area contributed by atoms with Crippen LogP contribution in [0.1, 0.15) is 5.56 Å². The Morgan fingerprint density at radius 1 is 0.750 bits per heavy atom. The zero-order valence-corrected chi connectivity index (χ0v) is 15.6. The molecular formula is C23H18N4O. The normalized spacial score (nSPS) is 11.2. The summed E-state index contributed by atoms with van der Waals surface area (Å²) in [5.74, 6) is 1.51. The maximum atomic E-state index is 5.26. The van der Waals surface area contributed by atoms with Crippen molar-refractivity contribution >= 4 is 16.4 Å². The molecule has 2 aromatic heterocycles. The summed E-state index contributed by atoms with van der Waals surface area (Å²) in [4.78, 5) is 0. The van der Waals surface area contributed by atoms with Gasteiger partial charge in [-0.05, 0) is 31.2 Å². The van der Waals surface area contributed by atoms with Crippen molar-refractivity contribution in [3.8, 4) is 28.4 Å². The molecule has 5 aromatic rings. The molecule has 0 saturated carbocycles. The van der Waals surface area contributed by atoms with Crippen molar-refractivity contribution in [2.24, 2.45) is 0 Å². The summed E-state index contributed by atoms with van der Waals surface area (Å²) in [6, 6.07) is 24.4. The molecule has 28 heavy (non-hydrogen) atoms. The number of benzene rings is 3. The molecule has 0 fully saturated rings. The van der Waals surface area contributed by atoms with Gasteiger partial charge in [0.25, 0.3) is 0 Å². The zero-order valence-electron chi connectivity index (χ0n) is 15.6. The van der Waals surface area contributed by atoms with E-state index in [0.717, 1.165) is 39.0 Å². The number of fused-ring (bicyclic) bond motifs is 3. The first kappa shape index (κ1) is 16.4. The van der Waals surface area contributed by atoms with Crippen molar-refractivity contribution in [1.29, 1.82) is 0 Å². The zero-order chi connectivity index (χ0) is 19.1. The number of aromatic nitrogens is 4. The van der Waals surface area contributed by atoms with E-state index in [1.54, 1.807) is 7.11 Å². The molecule has 0 aliphatic heterocycles.